The van der Waals surface area contributed by atoms with Crippen LogP contribution in [0.15, 0.2) is 65.8 Å². The van der Waals surface area contributed by atoms with E-state index in [0.717, 1.165) is 63.4 Å². The number of nitrogens with one attached hydrogen (secondary N) is 1. The van der Waals surface area contributed by atoms with Gasteiger partial charge >= 0.3 is 0 Å². The van der Waals surface area contributed by atoms with E-state index in [0.29, 0.717) is 0 Å². The Balaban J connectivity index is 1.63. The van der Waals surface area contributed by atoms with E-state index < -0.39 is 0 Å². The smallest absolute Gasteiger partial charge is 0.0780 e. The van der Waals surface area contributed by atoms with Crippen LogP contribution in [0.5, 0.6) is 0 Å². The minimum atomic E-state index is 0.213. The van der Waals surface area contributed by atoms with E-state index in [9.17, 15) is 0 Å². The van der Waals surface area contributed by atoms with Crippen molar-refractivity contribution in [1.82, 2.24) is 4.98 Å². The molecule has 1 unspecified atom stereocenters. The summed E-state index contributed by atoms with van der Waals surface area (Å²) in [6, 6.07) is 16.6. The third-order valence-corrected chi connectivity index (χ3v) is 5.67. The molecular formula is C25H22N4. The molecule has 0 saturated carbocycles. The lowest BCUT2D eigenvalue weighted by Gasteiger charge is -2.13. The summed E-state index contributed by atoms with van der Waals surface area (Å²) >= 11 is 0. The Morgan fingerprint density at radius 1 is 0.966 bits per heavy atom. The summed E-state index contributed by atoms with van der Waals surface area (Å²) < 4.78 is 0. The predicted molar refractivity (Wildman–Crippen MR) is 120 cm³/mol. The number of aryl methyl sites for hydroxylation is 1. The molecule has 0 radical (unpaired) electrons. The van der Waals surface area contributed by atoms with Gasteiger partial charge in [0.25, 0.3) is 0 Å². The third kappa shape index (κ3) is 3.07. The fourth-order valence-corrected chi connectivity index (χ4v) is 4.17. The maximum absolute atomic E-state index is 8.08. The molecule has 29 heavy (non-hydrogen) atoms. The zero-order valence-corrected chi connectivity index (χ0v) is 16.3. The van der Waals surface area contributed by atoms with Crippen LogP contribution in [-0.4, -0.2) is 16.9 Å². The van der Waals surface area contributed by atoms with Crippen molar-refractivity contribution in [3.05, 3.63) is 77.5 Å². The first-order valence-electron chi connectivity index (χ1n) is 9.92. The molecular weight excluding hydrogens is 356 g/mol. The highest BCUT2D eigenvalue weighted by molar-refractivity contribution is 6.03. The molecule has 4 nitrogen and oxygen atoms in total. The van der Waals surface area contributed by atoms with Gasteiger partial charge in [0.2, 0.25) is 0 Å². The van der Waals surface area contributed by atoms with Crippen LogP contribution in [0.25, 0.3) is 28.1 Å². The summed E-state index contributed by atoms with van der Waals surface area (Å²) in [5, 5.41) is 8.08. The number of aromatic nitrogens is 1. The number of benzene rings is 2. The van der Waals surface area contributed by atoms with E-state index in [1.54, 1.807) is 0 Å². The van der Waals surface area contributed by atoms with Crippen molar-refractivity contribution in [2.75, 3.05) is 0 Å². The molecule has 1 aliphatic carbocycles. The second-order valence-corrected chi connectivity index (χ2v) is 7.74. The molecule has 1 aliphatic heterocycles. The summed E-state index contributed by atoms with van der Waals surface area (Å²) in [5.74, 6) is 0.213. The monoisotopic (exact) mass is 378 g/mol. The minimum Gasteiger partial charge on any atom is -0.398 e. The van der Waals surface area contributed by atoms with Gasteiger partial charge in [0.05, 0.1) is 11.4 Å². The average molecular weight is 378 g/mol. The number of hydrogen-bond acceptors (Lipinski definition) is 4. The molecule has 1 atom stereocenters. The normalized spacial score (nSPS) is 17.5. The molecule has 2 aromatic carbocycles. The number of aliphatic imine (C=N–C) groups is 1. The van der Waals surface area contributed by atoms with Crippen LogP contribution in [-0.2, 0) is 6.42 Å². The summed E-state index contributed by atoms with van der Waals surface area (Å²) in [4.78, 5) is 9.29. The molecule has 2 aliphatic rings. The van der Waals surface area contributed by atoms with Crippen LogP contribution in [0.4, 0.5) is 5.69 Å². The van der Waals surface area contributed by atoms with Crippen LogP contribution in [0.1, 0.15) is 30.0 Å². The number of nitrogens with zero attached hydrogens (tertiary/aromatic N) is 2. The minimum absolute atomic E-state index is 0.213. The highest BCUT2D eigenvalue weighted by atomic mass is 14.8. The number of rotatable bonds is 2. The molecule has 0 saturated heterocycles. The van der Waals surface area contributed by atoms with Crippen LogP contribution in [0, 0.1) is 11.3 Å². The van der Waals surface area contributed by atoms with Gasteiger partial charge in [-0.2, -0.15) is 0 Å². The van der Waals surface area contributed by atoms with Crippen LogP contribution in [0.3, 0.4) is 0 Å². The molecule has 0 fully saturated rings. The number of hydrogen-bond donors (Lipinski definition) is 2. The fraction of sp³-hybridized carbons (Fsp3) is 0.160. The second-order valence-electron chi connectivity index (χ2n) is 7.74. The van der Waals surface area contributed by atoms with Gasteiger partial charge in [0, 0.05) is 46.4 Å². The molecule has 0 spiro atoms. The first kappa shape index (κ1) is 17.6. The number of nitrogens with two attached hydrogens (primary N) is 1. The van der Waals surface area contributed by atoms with E-state index in [1.807, 2.05) is 30.6 Å². The fourth-order valence-electron chi connectivity index (χ4n) is 4.17. The van der Waals surface area contributed by atoms with E-state index >= 15 is 0 Å². The van der Waals surface area contributed by atoms with Crippen molar-refractivity contribution in [3.8, 4) is 22.4 Å². The summed E-state index contributed by atoms with van der Waals surface area (Å²) in [6.45, 7) is 2.08. The van der Waals surface area contributed by atoms with Gasteiger partial charge in [-0.05, 0) is 53.8 Å². The molecule has 2 heterocycles. The van der Waals surface area contributed by atoms with Crippen molar-refractivity contribution < 1.29 is 0 Å². The summed E-state index contributed by atoms with van der Waals surface area (Å²) in [7, 11) is 0. The van der Waals surface area contributed by atoms with Gasteiger partial charge in [0.1, 0.15) is 0 Å². The zero-order valence-electron chi connectivity index (χ0n) is 16.3. The Bertz CT molecular complexity index is 1200. The maximum atomic E-state index is 8.08. The van der Waals surface area contributed by atoms with Gasteiger partial charge in [-0.1, -0.05) is 37.3 Å². The second kappa shape index (κ2) is 6.82. The maximum Gasteiger partial charge on any atom is 0.0780 e. The Morgan fingerprint density at radius 3 is 2.72 bits per heavy atom. The summed E-state index contributed by atoms with van der Waals surface area (Å²) in [6.07, 6.45) is 7.55. The largest absolute Gasteiger partial charge is 0.398 e. The van der Waals surface area contributed by atoms with Gasteiger partial charge in [0.15, 0.2) is 0 Å². The number of fused-ring (bicyclic) bond motifs is 2. The van der Waals surface area contributed by atoms with E-state index in [2.05, 4.69) is 48.3 Å². The molecule has 142 valence electrons. The molecule has 3 aromatic rings. The van der Waals surface area contributed by atoms with E-state index in [4.69, 9.17) is 16.1 Å². The van der Waals surface area contributed by atoms with Crippen molar-refractivity contribution in [1.29, 1.82) is 5.41 Å². The zero-order chi connectivity index (χ0) is 20.0. The molecule has 1 aromatic heterocycles. The summed E-state index contributed by atoms with van der Waals surface area (Å²) in [5.41, 5.74) is 16.2. The highest BCUT2D eigenvalue weighted by Gasteiger charge is 2.19. The Kier molecular flexibility index (Phi) is 4.13. The molecule has 0 amide bonds. The van der Waals surface area contributed by atoms with Crippen molar-refractivity contribution in [2.24, 2.45) is 16.6 Å². The number of allylic oxidation sites excluding steroid dienone is 1. The molecule has 0 bridgehead atoms. The Hall–Kier alpha value is -3.53. The topological polar surface area (TPSA) is 75.1 Å². The lowest BCUT2D eigenvalue weighted by Crippen LogP contribution is -1.99. The van der Waals surface area contributed by atoms with Crippen molar-refractivity contribution in [2.45, 2.75) is 19.8 Å². The first-order valence-corrected chi connectivity index (χ1v) is 9.92. The molecule has 3 N–H and O–H groups in total. The quantitative estimate of drug-likeness (QED) is 0.628. The van der Waals surface area contributed by atoms with Crippen LogP contribution in [0.2, 0.25) is 0 Å². The van der Waals surface area contributed by atoms with Gasteiger partial charge < -0.3 is 11.1 Å². The van der Waals surface area contributed by atoms with E-state index in [-0.39, 0.29) is 5.92 Å². The van der Waals surface area contributed by atoms with Gasteiger partial charge in [-0.25, -0.2) is 0 Å². The lowest BCUT2D eigenvalue weighted by molar-refractivity contribution is 1.03. The van der Waals surface area contributed by atoms with E-state index in [1.165, 1.54) is 5.56 Å². The first-order chi connectivity index (χ1) is 14.1. The highest BCUT2D eigenvalue weighted by Crippen LogP contribution is 2.36. The standard InChI is InChI=1S/C25H22N4/c1-15-11-23(27)21-13-17(6-9-24(21)29-14-15)20-3-2-10-28-25(20)18-4-7-19-16(12-18)5-8-22(19)26/h2-4,6-7,9-15,26H,5,8,27H2,1H3. The Morgan fingerprint density at radius 2 is 1.83 bits per heavy atom. The van der Waals surface area contributed by atoms with Crippen LogP contribution >= 0.6 is 0 Å². The Labute approximate surface area is 170 Å². The SMILES string of the molecule is CC1C=Nc2ccc(-c3cccnc3-c3ccc4c(c3)CCC4=N)cc2C(N)=C1. The van der Waals surface area contributed by atoms with Crippen LogP contribution < -0.4 is 5.73 Å². The van der Waals surface area contributed by atoms with Crippen molar-refractivity contribution >= 4 is 23.3 Å². The average Bonchev–Trinajstić information content (AvgIpc) is 3.05. The van der Waals surface area contributed by atoms with Gasteiger partial charge in [-0.3, -0.25) is 9.98 Å². The van der Waals surface area contributed by atoms with Gasteiger partial charge in [-0.15, -0.1) is 0 Å². The molecule has 4 heteroatoms. The number of pyridine rings is 1. The van der Waals surface area contributed by atoms with Crippen molar-refractivity contribution in [3.63, 3.8) is 0 Å². The third-order valence-electron chi connectivity index (χ3n) is 5.67. The predicted octanol–water partition coefficient (Wildman–Crippen LogP) is 5.38. The molecule has 5 rings (SSSR count). The lowest BCUT2D eigenvalue weighted by atomic mass is 9.95.